The highest BCUT2D eigenvalue weighted by Crippen LogP contribution is 2.26. The zero-order valence-corrected chi connectivity index (χ0v) is 15.3. The number of nitrogens with one attached hydrogen (secondary N) is 1. The number of aromatic nitrogens is 1. The molecule has 1 aromatic heterocycles. The van der Waals surface area contributed by atoms with E-state index in [0.717, 1.165) is 29.7 Å². The summed E-state index contributed by atoms with van der Waals surface area (Å²) >= 11 is 1.05. The lowest BCUT2D eigenvalue weighted by Crippen LogP contribution is -2.25. The van der Waals surface area contributed by atoms with Crippen LogP contribution in [0, 0.1) is 0 Å². The van der Waals surface area contributed by atoms with Gasteiger partial charge in [-0.2, -0.15) is 0 Å². The molecule has 7 heteroatoms. The van der Waals surface area contributed by atoms with Crippen LogP contribution in [-0.4, -0.2) is 47.7 Å². The topological polar surface area (TPSA) is 71.5 Å². The molecule has 1 aromatic rings. The van der Waals surface area contributed by atoms with Gasteiger partial charge in [-0.05, 0) is 24.1 Å². The molecule has 0 spiro atoms. The minimum absolute atomic E-state index is 0.118. The van der Waals surface area contributed by atoms with Crippen LogP contribution in [0.3, 0.4) is 0 Å². The van der Waals surface area contributed by atoms with E-state index in [1.54, 1.807) is 6.20 Å². The number of pyridine rings is 1. The van der Waals surface area contributed by atoms with Gasteiger partial charge in [-0.1, -0.05) is 48.2 Å². The highest BCUT2D eigenvalue weighted by Gasteiger charge is 2.31. The van der Waals surface area contributed by atoms with E-state index in [-0.39, 0.29) is 22.5 Å². The molecule has 1 N–H and O–H groups in total. The molecule has 1 aliphatic heterocycles. The van der Waals surface area contributed by atoms with E-state index in [2.05, 4.69) is 10.3 Å². The molecular weight excluding hydrogens is 350 g/mol. The van der Waals surface area contributed by atoms with Crippen LogP contribution in [0.25, 0.3) is 0 Å². The summed E-state index contributed by atoms with van der Waals surface area (Å²) < 4.78 is 5.90. The van der Waals surface area contributed by atoms with Gasteiger partial charge in [0.2, 0.25) is 5.91 Å². The Kier molecular flexibility index (Phi) is 6.25. The molecule has 2 amide bonds. The molecule has 2 atom stereocenters. The van der Waals surface area contributed by atoms with Gasteiger partial charge < -0.3 is 9.64 Å². The molecule has 1 aliphatic carbocycles. The van der Waals surface area contributed by atoms with Crippen molar-refractivity contribution in [1.82, 2.24) is 10.3 Å². The van der Waals surface area contributed by atoms with Crippen molar-refractivity contribution in [3.05, 3.63) is 60.3 Å². The number of carbonyl (C=O) groups is 2. The van der Waals surface area contributed by atoms with E-state index >= 15 is 0 Å². The first-order valence-electron chi connectivity index (χ1n) is 8.42. The number of nitrogens with zero attached hydrogens (tertiary/aromatic N) is 2. The van der Waals surface area contributed by atoms with Gasteiger partial charge in [-0.3, -0.25) is 14.9 Å². The van der Waals surface area contributed by atoms with E-state index < -0.39 is 0 Å². The summed E-state index contributed by atoms with van der Waals surface area (Å²) in [4.78, 5) is 29.3. The maximum absolute atomic E-state index is 11.7. The average molecular weight is 371 g/mol. The Balaban J connectivity index is 1.45. The van der Waals surface area contributed by atoms with Crippen LogP contribution < -0.4 is 10.2 Å². The number of ether oxygens (including phenoxy) is 1. The molecular formula is C19H21N3O3S. The van der Waals surface area contributed by atoms with Crippen LogP contribution in [0.15, 0.2) is 60.3 Å². The molecule has 2 aliphatic rings. The standard InChI is InChI=1S/C19H21N3O3S/c1-22(17-7-2-3-10-20-17)11-12-25-15-6-4-5-14(8-9-15)13-16-18(23)21-19(24)26-16/h2-10,15-16H,11-13H2,1H3,(H,21,23,24). The van der Waals surface area contributed by atoms with Crippen LogP contribution in [0.5, 0.6) is 0 Å². The Hall–Kier alpha value is -2.38. The summed E-state index contributed by atoms with van der Waals surface area (Å²) in [6.45, 7) is 1.30. The van der Waals surface area contributed by atoms with Crippen molar-refractivity contribution < 1.29 is 14.3 Å². The number of carbonyl (C=O) groups excluding carboxylic acids is 2. The quantitative estimate of drug-likeness (QED) is 0.795. The normalized spacial score (nSPS) is 22.1. The largest absolute Gasteiger partial charge is 0.368 e. The minimum Gasteiger partial charge on any atom is -0.368 e. The first kappa shape index (κ1) is 18.4. The fourth-order valence-electron chi connectivity index (χ4n) is 2.64. The number of hydrogen-bond donors (Lipinski definition) is 1. The van der Waals surface area contributed by atoms with Crippen LogP contribution in [-0.2, 0) is 9.53 Å². The lowest BCUT2D eigenvalue weighted by atomic mass is 10.1. The predicted molar refractivity (Wildman–Crippen MR) is 103 cm³/mol. The number of likely N-dealkylation sites (N-methyl/N-ethyl adjacent to an activating group) is 1. The lowest BCUT2D eigenvalue weighted by molar-refractivity contribution is -0.118. The number of rotatable bonds is 7. The van der Waals surface area contributed by atoms with Crippen LogP contribution in [0.1, 0.15) is 6.42 Å². The lowest BCUT2D eigenvalue weighted by Gasteiger charge is -2.19. The molecule has 2 unspecified atom stereocenters. The van der Waals surface area contributed by atoms with Crippen molar-refractivity contribution in [2.75, 3.05) is 25.1 Å². The van der Waals surface area contributed by atoms with Crippen molar-refractivity contribution >= 4 is 28.7 Å². The summed E-state index contributed by atoms with van der Waals surface area (Å²) in [5.41, 5.74) is 1.00. The van der Waals surface area contributed by atoms with Crippen LogP contribution in [0.2, 0.25) is 0 Å². The molecule has 0 bridgehead atoms. The Bertz CT molecular complexity index is 746. The molecule has 0 saturated carbocycles. The molecule has 26 heavy (non-hydrogen) atoms. The molecule has 1 saturated heterocycles. The summed E-state index contributed by atoms with van der Waals surface area (Å²) in [6, 6.07) is 5.81. The van der Waals surface area contributed by atoms with Crippen LogP contribution in [0.4, 0.5) is 10.6 Å². The summed E-state index contributed by atoms with van der Waals surface area (Å²) in [5.74, 6) is 0.696. The van der Waals surface area contributed by atoms with Gasteiger partial charge >= 0.3 is 0 Å². The predicted octanol–water partition coefficient (Wildman–Crippen LogP) is 2.70. The Morgan fingerprint density at radius 3 is 2.92 bits per heavy atom. The third kappa shape index (κ3) is 5.06. The maximum Gasteiger partial charge on any atom is 0.286 e. The van der Waals surface area contributed by atoms with Crippen molar-refractivity contribution in [1.29, 1.82) is 0 Å². The van der Waals surface area contributed by atoms with Crippen molar-refractivity contribution in [2.45, 2.75) is 17.8 Å². The van der Waals surface area contributed by atoms with Gasteiger partial charge in [-0.25, -0.2) is 4.98 Å². The second kappa shape index (κ2) is 8.82. The number of allylic oxidation sites excluding steroid dienone is 4. The molecule has 0 aromatic carbocycles. The van der Waals surface area contributed by atoms with Gasteiger partial charge in [-0.15, -0.1) is 0 Å². The average Bonchev–Trinajstić information content (AvgIpc) is 2.82. The second-order valence-corrected chi connectivity index (χ2v) is 7.19. The Labute approximate surface area is 157 Å². The Morgan fingerprint density at radius 1 is 1.31 bits per heavy atom. The van der Waals surface area contributed by atoms with Crippen molar-refractivity contribution in [2.24, 2.45) is 0 Å². The van der Waals surface area contributed by atoms with Gasteiger partial charge in [0.1, 0.15) is 5.82 Å². The number of thioether (sulfide) groups is 1. The molecule has 136 valence electrons. The molecule has 2 heterocycles. The third-order valence-corrected chi connectivity index (χ3v) is 5.06. The van der Waals surface area contributed by atoms with Crippen molar-refractivity contribution in [3.8, 4) is 0 Å². The Morgan fingerprint density at radius 2 is 2.19 bits per heavy atom. The monoisotopic (exact) mass is 371 g/mol. The molecule has 1 fully saturated rings. The number of hydrogen-bond acceptors (Lipinski definition) is 6. The van der Waals surface area contributed by atoms with Gasteiger partial charge in [0, 0.05) is 19.8 Å². The first-order valence-corrected chi connectivity index (χ1v) is 9.30. The van der Waals surface area contributed by atoms with Gasteiger partial charge in [0.05, 0.1) is 18.0 Å². The molecule has 3 rings (SSSR count). The fraction of sp³-hybridized carbons (Fsp3) is 0.316. The fourth-order valence-corrected chi connectivity index (χ4v) is 3.50. The number of amides is 2. The minimum atomic E-state index is -0.351. The zero-order chi connectivity index (χ0) is 18.4. The first-order chi connectivity index (χ1) is 12.6. The smallest absolute Gasteiger partial charge is 0.286 e. The van der Waals surface area contributed by atoms with E-state index in [1.807, 2.05) is 60.5 Å². The maximum atomic E-state index is 11.7. The second-order valence-electron chi connectivity index (χ2n) is 6.02. The van der Waals surface area contributed by atoms with E-state index in [4.69, 9.17) is 4.74 Å². The SMILES string of the molecule is CN(CCOC1C=CC=C(CC2SC(=O)NC2=O)C=C1)c1ccccn1. The highest BCUT2D eigenvalue weighted by atomic mass is 32.2. The van der Waals surface area contributed by atoms with E-state index in [0.29, 0.717) is 13.0 Å². The van der Waals surface area contributed by atoms with Gasteiger partial charge in [0.15, 0.2) is 0 Å². The van der Waals surface area contributed by atoms with Crippen molar-refractivity contribution in [3.63, 3.8) is 0 Å². The summed E-state index contributed by atoms with van der Waals surface area (Å²) in [7, 11) is 1.98. The van der Waals surface area contributed by atoms with E-state index in [9.17, 15) is 9.59 Å². The molecule has 0 radical (unpaired) electrons. The number of imide groups is 1. The highest BCUT2D eigenvalue weighted by molar-refractivity contribution is 8.15. The summed E-state index contributed by atoms with van der Waals surface area (Å²) in [5, 5.41) is 1.69. The summed E-state index contributed by atoms with van der Waals surface area (Å²) in [6.07, 6.45) is 12.0. The molecule has 6 nitrogen and oxygen atoms in total. The third-order valence-electron chi connectivity index (χ3n) is 4.08. The zero-order valence-electron chi connectivity index (χ0n) is 14.5. The number of anilines is 1. The van der Waals surface area contributed by atoms with Crippen LogP contribution >= 0.6 is 11.8 Å². The van der Waals surface area contributed by atoms with E-state index in [1.165, 1.54) is 0 Å². The van der Waals surface area contributed by atoms with Gasteiger partial charge in [0.25, 0.3) is 5.24 Å².